The highest BCUT2D eigenvalue weighted by Crippen LogP contribution is 2.26. The van der Waals surface area contributed by atoms with Gasteiger partial charge in [0.25, 0.3) is 5.69 Å². The maximum Gasteiger partial charge on any atom is 0.269 e. The van der Waals surface area contributed by atoms with E-state index >= 15 is 0 Å². The predicted octanol–water partition coefficient (Wildman–Crippen LogP) is 3.40. The molecule has 0 bridgehead atoms. The van der Waals surface area contributed by atoms with Crippen molar-refractivity contribution in [3.63, 3.8) is 0 Å². The number of thioether (sulfide) groups is 1. The van der Waals surface area contributed by atoms with E-state index in [1.165, 1.54) is 36.0 Å². The number of hydrogen-bond donors (Lipinski definition) is 1. The predicted molar refractivity (Wildman–Crippen MR) is 113 cm³/mol. The molecule has 2 aromatic rings. The number of hydrogen-bond acceptors (Lipinski definition) is 6. The van der Waals surface area contributed by atoms with Crippen LogP contribution in [0, 0.1) is 15.9 Å². The van der Waals surface area contributed by atoms with Gasteiger partial charge in [-0.1, -0.05) is 12.1 Å². The second-order valence-corrected chi connectivity index (χ2v) is 8.39. The monoisotopic (exact) mass is 433 g/mol. The van der Waals surface area contributed by atoms with Gasteiger partial charge in [-0.3, -0.25) is 19.8 Å². The highest BCUT2D eigenvalue weighted by molar-refractivity contribution is 8.00. The minimum atomic E-state index is -0.453. The van der Waals surface area contributed by atoms with Crippen molar-refractivity contribution in [2.75, 3.05) is 32.8 Å². The molecule has 0 saturated carbocycles. The normalized spacial score (nSPS) is 16.6. The van der Waals surface area contributed by atoms with Crippen LogP contribution in [0.25, 0.3) is 0 Å². The third-order valence-electron chi connectivity index (χ3n) is 4.94. The van der Waals surface area contributed by atoms with Gasteiger partial charge in [0.05, 0.1) is 29.4 Å². The zero-order chi connectivity index (χ0) is 21.5. The van der Waals surface area contributed by atoms with E-state index in [2.05, 4.69) is 10.2 Å². The fourth-order valence-corrected chi connectivity index (χ4v) is 4.17. The van der Waals surface area contributed by atoms with Gasteiger partial charge < -0.3 is 10.1 Å². The number of halogens is 1. The molecule has 1 heterocycles. The molecule has 1 aliphatic rings. The van der Waals surface area contributed by atoms with Gasteiger partial charge in [-0.15, -0.1) is 11.8 Å². The SMILES string of the molecule is C[C@H](Sc1ccc([N+](=O)[O-])cc1)C(=O)NC[C@@H](c1ccc(F)cc1)N1CCOCC1. The maximum atomic E-state index is 13.3. The molecule has 2 atom stereocenters. The summed E-state index contributed by atoms with van der Waals surface area (Å²) in [4.78, 5) is 26.0. The van der Waals surface area contributed by atoms with Crippen molar-refractivity contribution >= 4 is 23.4 Å². The largest absolute Gasteiger partial charge is 0.379 e. The lowest BCUT2D eigenvalue weighted by molar-refractivity contribution is -0.384. The molecule has 160 valence electrons. The van der Waals surface area contributed by atoms with Crippen LogP contribution >= 0.6 is 11.8 Å². The molecule has 0 radical (unpaired) electrons. The number of nitrogens with zero attached hydrogens (tertiary/aromatic N) is 2. The number of morpholine rings is 1. The Bertz CT molecular complexity index is 858. The highest BCUT2D eigenvalue weighted by atomic mass is 32.2. The van der Waals surface area contributed by atoms with E-state index in [1.54, 1.807) is 31.2 Å². The summed E-state index contributed by atoms with van der Waals surface area (Å²) >= 11 is 1.34. The molecule has 1 saturated heterocycles. The van der Waals surface area contributed by atoms with Gasteiger partial charge in [0.1, 0.15) is 5.82 Å². The number of ether oxygens (including phenoxy) is 1. The molecule has 30 heavy (non-hydrogen) atoms. The lowest BCUT2D eigenvalue weighted by Gasteiger charge is -2.35. The molecule has 1 amide bonds. The van der Waals surface area contributed by atoms with E-state index in [4.69, 9.17) is 4.74 Å². The fraction of sp³-hybridized carbons (Fsp3) is 0.381. The molecule has 0 aliphatic carbocycles. The number of nitro groups is 1. The van der Waals surface area contributed by atoms with Gasteiger partial charge in [0.2, 0.25) is 5.91 Å². The first kappa shape index (κ1) is 22.2. The molecule has 7 nitrogen and oxygen atoms in total. The van der Waals surface area contributed by atoms with E-state index in [9.17, 15) is 19.3 Å². The van der Waals surface area contributed by atoms with E-state index in [0.717, 1.165) is 23.5 Å². The first-order valence-corrected chi connectivity index (χ1v) is 10.6. The zero-order valence-electron chi connectivity index (χ0n) is 16.6. The van der Waals surface area contributed by atoms with Crippen LogP contribution in [0.4, 0.5) is 10.1 Å². The number of benzene rings is 2. The minimum Gasteiger partial charge on any atom is -0.379 e. The third kappa shape index (κ3) is 6.01. The van der Waals surface area contributed by atoms with Gasteiger partial charge in [-0.2, -0.15) is 0 Å². The van der Waals surface area contributed by atoms with Crippen molar-refractivity contribution in [2.45, 2.75) is 23.1 Å². The van der Waals surface area contributed by atoms with Crippen molar-refractivity contribution in [1.29, 1.82) is 0 Å². The van der Waals surface area contributed by atoms with Crippen LogP contribution in [0.5, 0.6) is 0 Å². The van der Waals surface area contributed by atoms with Crippen LogP contribution in [-0.2, 0) is 9.53 Å². The Balaban J connectivity index is 1.61. The van der Waals surface area contributed by atoms with Crippen LogP contribution in [0.2, 0.25) is 0 Å². The quantitative estimate of drug-likeness (QED) is 0.390. The zero-order valence-corrected chi connectivity index (χ0v) is 17.4. The Labute approximate surface area is 178 Å². The van der Waals surface area contributed by atoms with Crippen molar-refractivity contribution in [3.05, 3.63) is 70.0 Å². The molecular formula is C21H24FN3O4S. The average molecular weight is 434 g/mol. The molecule has 2 aromatic carbocycles. The second kappa shape index (κ2) is 10.5. The van der Waals surface area contributed by atoms with Gasteiger partial charge in [-0.05, 0) is 36.8 Å². The van der Waals surface area contributed by atoms with Gasteiger partial charge in [0, 0.05) is 36.7 Å². The Morgan fingerprint density at radius 1 is 1.20 bits per heavy atom. The Morgan fingerprint density at radius 2 is 1.83 bits per heavy atom. The summed E-state index contributed by atoms with van der Waals surface area (Å²) in [6.45, 7) is 4.92. The molecule has 1 fully saturated rings. The van der Waals surface area contributed by atoms with Crippen LogP contribution in [0.3, 0.4) is 0 Å². The average Bonchev–Trinajstić information content (AvgIpc) is 2.76. The van der Waals surface area contributed by atoms with E-state index in [1.807, 2.05) is 0 Å². The molecular weight excluding hydrogens is 409 g/mol. The summed E-state index contributed by atoms with van der Waals surface area (Å²) in [7, 11) is 0. The lowest BCUT2D eigenvalue weighted by atomic mass is 10.0. The van der Waals surface area contributed by atoms with Gasteiger partial charge >= 0.3 is 0 Å². The number of carbonyl (C=O) groups excluding carboxylic acids is 1. The number of nitro benzene ring substituents is 1. The second-order valence-electron chi connectivity index (χ2n) is 6.97. The maximum absolute atomic E-state index is 13.3. The molecule has 1 N–H and O–H groups in total. The number of amides is 1. The number of carbonyl (C=O) groups is 1. The van der Waals surface area contributed by atoms with Crippen molar-refractivity contribution in [2.24, 2.45) is 0 Å². The van der Waals surface area contributed by atoms with E-state index < -0.39 is 4.92 Å². The summed E-state index contributed by atoms with van der Waals surface area (Å²) in [6, 6.07) is 12.4. The summed E-state index contributed by atoms with van der Waals surface area (Å²) in [5.74, 6) is -0.421. The van der Waals surface area contributed by atoms with Crippen molar-refractivity contribution in [3.8, 4) is 0 Å². The van der Waals surface area contributed by atoms with Crippen LogP contribution in [0.15, 0.2) is 53.4 Å². The Kier molecular flexibility index (Phi) is 7.78. The van der Waals surface area contributed by atoms with E-state index in [-0.39, 0.29) is 28.7 Å². The number of nitrogens with one attached hydrogen (secondary N) is 1. The van der Waals surface area contributed by atoms with Crippen LogP contribution < -0.4 is 5.32 Å². The van der Waals surface area contributed by atoms with Crippen LogP contribution in [0.1, 0.15) is 18.5 Å². The standard InChI is InChI=1S/C21H24FN3O4S/c1-15(30-19-8-6-18(7-9-19)25(27)28)21(26)23-14-20(24-10-12-29-13-11-24)16-2-4-17(22)5-3-16/h2-9,15,20H,10-14H2,1H3,(H,23,26)/t15-,20-/m0/s1. The summed E-state index contributed by atoms with van der Waals surface area (Å²) in [5.41, 5.74) is 0.957. The fourth-order valence-electron chi connectivity index (χ4n) is 3.28. The van der Waals surface area contributed by atoms with Gasteiger partial charge in [0.15, 0.2) is 0 Å². The number of non-ortho nitro benzene ring substituents is 1. The smallest absolute Gasteiger partial charge is 0.269 e. The first-order valence-electron chi connectivity index (χ1n) is 9.70. The molecule has 1 aliphatic heterocycles. The topological polar surface area (TPSA) is 84.7 Å². The summed E-state index contributed by atoms with van der Waals surface area (Å²) in [6.07, 6.45) is 0. The van der Waals surface area contributed by atoms with Crippen LogP contribution in [-0.4, -0.2) is 53.8 Å². The third-order valence-corrected chi connectivity index (χ3v) is 6.05. The molecule has 0 unspecified atom stereocenters. The minimum absolute atomic E-state index is 0.0177. The number of rotatable bonds is 8. The Hall–Kier alpha value is -2.49. The lowest BCUT2D eigenvalue weighted by Crippen LogP contribution is -2.44. The summed E-state index contributed by atoms with van der Waals surface area (Å²) in [5, 5.41) is 13.4. The molecule has 3 rings (SSSR count). The summed E-state index contributed by atoms with van der Waals surface area (Å²) < 4.78 is 18.8. The molecule has 9 heteroatoms. The first-order chi connectivity index (χ1) is 14.4. The van der Waals surface area contributed by atoms with E-state index in [0.29, 0.717) is 19.8 Å². The highest BCUT2D eigenvalue weighted by Gasteiger charge is 2.24. The van der Waals surface area contributed by atoms with Crippen molar-refractivity contribution in [1.82, 2.24) is 10.2 Å². The van der Waals surface area contributed by atoms with Crippen molar-refractivity contribution < 1.29 is 18.8 Å². The molecule has 0 aromatic heterocycles. The van der Waals surface area contributed by atoms with Gasteiger partial charge in [-0.25, -0.2) is 4.39 Å². The molecule has 0 spiro atoms. The Morgan fingerprint density at radius 3 is 2.43 bits per heavy atom.